The molecule has 0 heterocycles. The first-order valence-electron chi connectivity index (χ1n) is 23.6. The third kappa shape index (κ3) is 9.49. The van der Waals surface area contributed by atoms with E-state index in [0.29, 0.717) is 0 Å². The van der Waals surface area contributed by atoms with E-state index in [4.69, 9.17) is 0 Å². The van der Waals surface area contributed by atoms with Crippen molar-refractivity contribution in [1.29, 1.82) is 0 Å². The molecule has 0 aliphatic heterocycles. The van der Waals surface area contributed by atoms with Gasteiger partial charge in [0.15, 0.2) is 0 Å². The second-order valence-electron chi connectivity index (χ2n) is 17.8. The topological polar surface area (TPSA) is 13.0 Å². The fraction of sp³-hybridized carbons (Fsp3) is 0.0938. The number of para-hydroxylation sites is 1. The highest BCUT2D eigenvalue weighted by molar-refractivity contribution is 5.84. The summed E-state index contributed by atoms with van der Waals surface area (Å²) in [5.41, 5.74) is 20.7. The van der Waals surface area contributed by atoms with Crippen molar-refractivity contribution in [2.24, 2.45) is 0 Å². The predicted octanol–water partition coefficient (Wildman–Crippen LogP) is 18.4. The maximum Gasteiger partial charge on any atom is 0.0464 e. The normalized spacial score (nSPS) is 12.0. The first-order chi connectivity index (χ1) is 33.3. The van der Waals surface area contributed by atoms with Gasteiger partial charge in [-0.25, -0.2) is 0 Å². The van der Waals surface area contributed by atoms with Crippen LogP contribution in [0.5, 0.6) is 0 Å². The van der Waals surface area contributed by atoms with Crippen LogP contribution in [0.15, 0.2) is 248 Å². The Morgan fingerprint density at radius 1 is 0.265 bits per heavy atom. The lowest BCUT2D eigenvalue weighted by Gasteiger charge is -2.30. The highest BCUT2D eigenvalue weighted by Gasteiger charge is 2.20. The highest BCUT2D eigenvalue weighted by atomic mass is 15.2. The second-order valence-corrected chi connectivity index (χ2v) is 17.8. The van der Waals surface area contributed by atoms with Crippen LogP contribution in [-0.2, 0) is 0 Å². The number of hydrogen-bond acceptors (Lipinski definition) is 4. The molecular formula is C64H56N4. The average Bonchev–Trinajstić information content (AvgIpc) is 3.37. The molecule has 0 N–H and O–H groups in total. The van der Waals surface area contributed by atoms with Gasteiger partial charge in [0.05, 0.1) is 0 Å². The maximum atomic E-state index is 2.37. The molecule has 0 amide bonds. The second kappa shape index (κ2) is 19.6. The zero-order valence-electron chi connectivity index (χ0n) is 39.3. The first-order valence-corrected chi connectivity index (χ1v) is 23.6. The number of nitrogens with zero attached hydrogens (tertiary/aromatic N) is 4. The summed E-state index contributed by atoms with van der Waals surface area (Å²) in [5.74, 6) is 0. The summed E-state index contributed by atoms with van der Waals surface area (Å²) in [7, 11) is 0. The number of anilines is 11. The number of hydrogen-bond donors (Lipinski definition) is 0. The van der Waals surface area contributed by atoms with Crippen LogP contribution in [0, 0.1) is 27.7 Å². The molecule has 9 aromatic rings. The molecule has 0 bridgehead atoms. The van der Waals surface area contributed by atoms with Crippen LogP contribution in [0.4, 0.5) is 62.6 Å². The molecule has 0 saturated heterocycles. The van der Waals surface area contributed by atoms with Gasteiger partial charge in [0.2, 0.25) is 0 Å². The van der Waals surface area contributed by atoms with Gasteiger partial charge in [0, 0.05) is 68.3 Å². The standard InChI is InChI=1S/C64H56N4/c1-47-15-11-23-61(43-47)67(62-24-12-16-48(2)44-62)59-39-35-57(36-40-59)65(53-19-7-5-8-20-53)55-31-27-51(28-32-55)52-29-33-56(34-30-52)66(54-21-9-6-10-22-54)58-37-41-60(42-38-58)68(63-25-13-17-49(3)45-63)64-26-14-18-50(4)46-64/h5,7-9,11-46H,6,10H2,1-4H3. The number of benzene rings is 9. The quantitative estimate of drug-likeness (QED) is 0.114. The van der Waals surface area contributed by atoms with E-state index in [-0.39, 0.29) is 0 Å². The van der Waals surface area contributed by atoms with E-state index in [1.165, 1.54) is 33.5 Å². The predicted molar refractivity (Wildman–Crippen MR) is 290 cm³/mol. The van der Waals surface area contributed by atoms with Crippen LogP contribution in [0.3, 0.4) is 0 Å². The van der Waals surface area contributed by atoms with Crippen LogP contribution in [0.1, 0.15) is 35.1 Å². The molecule has 4 heteroatoms. The summed E-state index contributed by atoms with van der Waals surface area (Å²) in [5, 5.41) is 0. The summed E-state index contributed by atoms with van der Waals surface area (Å²) >= 11 is 0. The molecule has 0 atom stereocenters. The third-order valence-corrected chi connectivity index (χ3v) is 12.6. The van der Waals surface area contributed by atoms with Crippen molar-refractivity contribution in [3.05, 3.63) is 271 Å². The molecule has 10 rings (SSSR count). The van der Waals surface area contributed by atoms with Crippen molar-refractivity contribution in [3.63, 3.8) is 0 Å². The largest absolute Gasteiger partial charge is 0.311 e. The molecule has 0 fully saturated rings. The molecular weight excluding hydrogens is 825 g/mol. The van der Waals surface area contributed by atoms with Gasteiger partial charge in [0.25, 0.3) is 0 Å². The van der Waals surface area contributed by atoms with Crippen LogP contribution in [0.25, 0.3) is 11.1 Å². The molecule has 0 spiro atoms. The van der Waals surface area contributed by atoms with Gasteiger partial charge in [-0.05, 0) is 213 Å². The van der Waals surface area contributed by atoms with Crippen molar-refractivity contribution in [3.8, 4) is 11.1 Å². The first kappa shape index (κ1) is 43.5. The lowest BCUT2D eigenvalue weighted by atomic mass is 10.0. The van der Waals surface area contributed by atoms with Crippen molar-refractivity contribution < 1.29 is 0 Å². The SMILES string of the molecule is Cc1cccc(N(c2ccc(N(C3=CCCC=C3)c3ccc(-c4ccc(N(c5ccccc5)c5ccc(N(c6cccc(C)c6)c6cccc(C)c6)cc5)cc4)cc3)cc2)c2cccc(C)c2)c1. The molecule has 332 valence electrons. The van der Waals surface area contributed by atoms with Crippen LogP contribution >= 0.6 is 0 Å². The van der Waals surface area contributed by atoms with Gasteiger partial charge < -0.3 is 19.6 Å². The Kier molecular flexibility index (Phi) is 12.6. The van der Waals surface area contributed by atoms with Crippen LogP contribution < -0.4 is 19.6 Å². The lowest BCUT2D eigenvalue weighted by molar-refractivity contribution is 0.997. The molecule has 0 unspecified atom stereocenters. The van der Waals surface area contributed by atoms with Crippen LogP contribution in [-0.4, -0.2) is 0 Å². The lowest BCUT2D eigenvalue weighted by Crippen LogP contribution is -2.16. The Hall–Kier alpha value is -8.34. The molecule has 1 aliphatic carbocycles. The van der Waals surface area contributed by atoms with E-state index in [9.17, 15) is 0 Å². The Morgan fingerprint density at radius 2 is 0.559 bits per heavy atom. The van der Waals surface area contributed by atoms with E-state index < -0.39 is 0 Å². The number of allylic oxidation sites excluding steroid dienone is 3. The number of rotatable bonds is 13. The minimum atomic E-state index is 1.02. The molecule has 4 nitrogen and oxygen atoms in total. The summed E-state index contributed by atoms with van der Waals surface area (Å²) in [6.45, 7) is 8.60. The molecule has 68 heavy (non-hydrogen) atoms. The van der Waals surface area contributed by atoms with Gasteiger partial charge in [-0.2, -0.15) is 0 Å². The van der Waals surface area contributed by atoms with Gasteiger partial charge in [0.1, 0.15) is 0 Å². The summed E-state index contributed by atoms with van der Waals surface area (Å²) in [6, 6.07) is 81.4. The zero-order chi connectivity index (χ0) is 46.4. The van der Waals surface area contributed by atoms with Gasteiger partial charge in [-0.3, -0.25) is 0 Å². The molecule has 9 aromatic carbocycles. The average molecular weight is 881 g/mol. The number of aryl methyl sites for hydroxylation is 4. The van der Waals surface area contributed by atoms with E-state index in [2.05, 4.69) is 290 Å². The van der Waals surface area contributed by atoms with Crippen molar-refractivity contribution in [2.45, 2.75) is 40.5 Å². The van der Waals surface area contributed by atoms with Crippen LogP contribution in [0.2, 0.25) is 0 Å². The fourth-order valence-electron chi connectivity index (χ4n) is 9.31. The van der Waals surface area contributed by atoms with E-state index in [1.807, 2.05) is 0 Å². The van der Waals surface area contributed by atoms with Gasteiger partial charge >= 0.3 is 0 Å². The van der Waals surface area contributed by atoms with Crippen molar-refractivity contribution in [1.82, 2.24) is 0 Å². The minimum Gasteiger partial charge on any atom is -0.311 e. The molecule has 0 saturated carbocycles. The summed E-state index contributed by atoms with van der Waals surface area (Å²) in [6.07, 6.45) is 8.96. The van der Waals surface area contributed by atoms with E-state index in [0.717, 1.165) is 81.0 Å². The smallest absolute Gasteiger partial charge is 0.0464 e. The summed E-state index contributed by atoms with van der Waals surface area (Å²) < 4.78 is 0. The zero-order valence-corrected chi connectivity index (χ0v) is 39.3. The Labute approximate surface area is 402 Å². The van der Waals surface area contributed by atoms with E-state index in [1.54, 1.807) is 0 Å². The molecule has 1 aliphatic rings. The van der Waals surface area contributed by atoms with E-state index >= 15 is 0 Å². The molecule has 0 aromatic heterocycles. The summed E-state index contributed by atoms with van der Waals surface area (Å²) in [4.78, 5) is 9.38. The molecule has 0 radical (unpaired) electrons. The monoisotopic (exact) mass is 880 g/mol. The Bertz CT molecular complexity index is 3110. The fourth-order valence-corrected chi connectivity index (χ4v) is 9.31. The maximum absolute atomic E-state index is 2.37. The minimum absolute atomic E-state index is 1.02. The van der Waals surface area contributed by atoms with Gasteiger partial charge in [-0.15, -0.1) is 0 Å². The van der Waals surface area contributed by atoms with Crippen molar-refractivity contribution in [2.75, 3.05) is 19.6 Å². The Balaban J connectivity index is 0.935. The Morgan fingerprint density at radius 3 is 0.882 bits per heavy atom. The highest BCUT2D eigenvalue weighted by Crippen LogP contribution is 2.42. The van der Waals surface area contributed by atoms with Gasteiger partial charge in [-0.1, -0.05) is 103 Å². The van der Waals surface area contributed by atoms with Crippen molar-refractivity contribution >= 4 is 62.6 Å². The third-order valence-electron chi connectivity index (χ3n) is 12.6.